The van der Waals surface area contributed by atoms with Gasteiger partial charge in [-0.05, 0) is 23.6 Å². The Kier molecular flexibility index (Phi) is 2.78. The molecule has 1 rings (SSSR count). The number of thiol groups is 1. The standard InChI is InChI=1S/C10H11NS/c1-7(2)10-4-3-9(12)5-8(10)6-11/h3-5,7,12H,1-2H3. The molecule has 1 nitrogen and oxygen atoms in total. The van der Waals surface area contributed by atoms with Crippen LogP contribution in [-0.2, 0) is 0 Å². The predicted molar refractivity (Wildman–Crippen MR) is 52.5 cm³/mol. The molecule has 1 aromatic carbocycles. The van der Waals surface area contributed by atoms with Gasteiger partial charge in [-0.25, -0.2) is 0 Å². The Balaban J connectivity index is 3.23. The maximum atomic E-state index is 8.81. The molecule has 0 bridgehead atoms. The Labute approximate surface area is 78.4 Å². The highest BCUT2D eigenvalue weighted by molar-refractivity contribution is 7.80. The van der Waals surface area contributed by atoms with E-state index in [2.05, 4.69) is 32.5 Å². The normalized spacial score (nSPS) is 9.92. The minimum atomic E-state index is 0.397. The predicted octanol–water partition coefficient (Wildman–Crippen LogP) is 2.97. The number of hydrogen-bond donors (Lipinski definition) is 1. The Morgan fingerprint density at radius 1 is 1.42 bits per heavy atom. The van der Waals surface area contributed by atoms with Crippen molar-refractivity contribution in [2.45, 2.75) is 24.7 Å². The van der Waals surface area contributed by atoms with Crippen molar-refractivity contribution in [3.05, 3.63) is 29.3 Å². The molecule has 12 heavy (non-hydrogen) atoms. The van der Waals surface area contributed by atoms with E-state index in [0.717, 1.165) is 16.0 Å². The van der Waals surface area contributed by atoms with Crippen LogP contribution in [0.15, 0.2) is 23.1 Å². The molecule has 0 aliphatic rings. The third kappa shape index (κ3) is 1.80. The van der Waals surface area contributed by atoms with Gasteiger partial charge in [-0.1, -0.05) is 19.9 Å². The van der Waals surface area contributed by atoms with Crippen LogP contribution in [0.2, 0.25) is 0 Å². The monoisotopic (exact) mass is 177 g/mol. The van der Waals surface area contributed by atoms with E-state index in [4.69, 9.17) is 5.26 Å². The quantitative estimate of drug-likeness (QED) is 0.655. The van der Waals surface area contributed by atoms with E-state index in [-0.39, 0.29) is 0 Å². The summed E-state index contributed by atoms with van der Waals surface area (Å²) in [5.41, 5.74) is 1.83. The van der Waals surface area contributed by atoms with Crippen LogP contribution >= 0.6 is 12.6 Å². The molecule has 0 atom stereocenters. The molecule has 0 spiro atoms. The van der Waals surface area contributed by atoms with E-state index in [1.54, 1.807) is 6.07 Å². The average Bonchev–Trinajstić information content (AvgIpc) is 2.03. The van der Waals surface area contributed by atoms with Crippen molar-refractivity contribution in [2.75, 3.05) is 0 Å². The van der Waals surface area contributed by atoms with E-state index in [0.29, 0.717) is 5.92 Å². The lowest BCUT2D eigenvalue weighted by Crippen LogP contribution is -1.91. The molecule has 0 amide bonds. The zero-order chi connectivity index (χ0) is 9.14. The number of nitriles is 1. The molecular weight excluding hydrogens is 166 g/mol. The van der Waals surface area contributed by atoms with Crippen LogP contribution in [0.4, 0.5) is 0 Å². The van der Waals surface area contributed by atoms with Gasteiger partial charge in [0.2, 0.25) is 0 Å². The summed E-state index contributed by atoms with van der Waals surface area (Å²) < 4.78 is 0. The largest absolute Gasteiger partial charge is 0.192 e. The summed E-state index contributed by atoms with van der Waals surface area (Å²) in [5, 5.41) is 8.81. The second-order valence-electron chi connectivity index (χ2n) is 3.04. The fraction of sp³-hybridized carbons (Fsp3) is 0.300. The molecule has 0 radical (unpaired) electrons. The van der Waals surface area contributed by atoms with Gasteiger partial charge < -0.3 is 0 Å². The first-order valence-corrected chi connectivity index (χ1v) is 4.33. The molecule has 62 valence electrons. The first kappa shape index (κ1) is 9.15. The van der Waals surface area contributed by atoms with Gasteiger partial charge in [-0.15, -0.1) is 12.6 Å². The molecule has 0 saturated carbocycles. The zero-order valence-corrected chi connectivity index (χ0v) is 8.10. The Morgan fingerprint density at radius 3 is 2.58 bits per heavy atom. The van der Waals surface area contributed by atoms with Gasteiger partial charge in [0.05, 0.1) is 11.6 Å². The van der Waals surface area contributed by atoms with Crippen LogP contribution in [0, 0.1) is 11.3 Å². The van der Waals surface area contributed by atoms with E-state index in [1.807, 2.05) is 12.1 Å². The van der Waals surface area contributed by atoms with Crippen molar-refractivity contribution in [3.8, 4) is 6.07 Å². The van der Waals surface area contributed by atoms with Crippen molar-refractivity contribution in [2.24, 2.45) is 0 Å². The molecule has 2 heteroatoms. The third-order valence-corrected chi connectivity index (χ3v) is 2.06. The first-order valence-electron chi connectivity index (χ1n) is 3.88. The topological polar surface area (TPSA) is 23.8 Å². The van der Waals surface area contributed by atoms with E-state index in [9.17, 15) is 0 Å². The highest BCUT2D eigenvalue weighted by Crippen LogP contribution is 2.21. The Morgan fingerprint density at radius 2 is 2.08 bits per heavy atom. The minimum absolute atomic E-state index is 0.397. The molecule has 1 aromatic rings. The van der Waals surface area contributed by atoms with Crippen LogP contribution in [0.5, 0.6) is 0 Å². The van der Waals surface area contributed by atoms with Gasteiger partial charge in [-0.3, -0.25) is 0 Å². The van der Waals surface area contributed by atoms with Crippen molar-refractivity contribution >= 4 is 12.6 Å². The molecular formula is C10H11NS. The third-order valence-electron chi connectivity index (χ3n) is 1.78. The molecule has 0 fully saturated rings. The zero-order valence-electron chi connectivity index (χ0n) is 7.20. The van der Waals surface area contributed by atoms with Crippen LogP contribution in [-0.4, -0.2) is 0 Å². The number of benzene rings is 1. The summed E-state index contributed by atoms with van der Waals surface area (Å²) in [6, 6.07) is 7.85. The maximum Gasteiger partial charge on any atom is 0.0995 e. The lowest BCUT2D eigenvalue weighted by molar-refractivity contribution is 0.860. The van der Waals surface area contributed by atoms with Gasteiger partial charge in [0.1, 0.15) is 0 Å². The smallest absolute Gasteiger partial charge is 0.0995 e. The van der Waals surface area contributed by atoms with Gasteiger partial charge >= 0.3 is 0 Å². The second-order valence-corrected chi connectivity index (χ2v) is 3.55. The van der Waals surface area contributed by atoms with Crippen LogP contribution < -0.4 is 0 Å². The summed E-state index contributed by atoms with van der Waals surface area (Å²) in [5.74, 6) is 0.397. The maximum absolute atomic E-state index is 8.81. The fourth-order valence-corrected chi connectivity index (χ4v) is 1.35. The summed E-state index contributed by atoms with van der Waals surface area (Å²) >= 11 is 4.17. The molecule has 0 aliphatic heterocycles. The molecule has 0 heterocycles. The van der Waals surface area contributed by atoms with E-state index in [1.165, 1.54) is 0 Å². The number of hydrogen-bond acceptors (Lipinski definition) is 2. The fourth-order valence-electron chi connectivity index (χ4n) is 1.14. The summed E-state index contributed by atoms with van der Waals surface area (Å²) in [4.78, 5) is 0.843. The lowest BCUT2D eigenvalue weighted by Gasteiger charge is -2.07. The second kappa shape index (κ2) is 3.64. The van der Waals surface area contributed by atoms with E-state index >= 15 is 0 Å². The van der Waals surface area contributed by atoms with Gasteiger partial charge in [0.15, 0.2) is 0 Å². The highest BCUT2D eigenvalue weighted by Gasteiger charge is 2.05. The summed E-state index contributed by atoms with van der Waals surface area (Å²) in [7, 11) is 0. The van der Waals surface area contributed by atoms with Crippen LogP contribution in [0.3, 0.4) is 0 Å². The molecule has 0 unspecified atom stereocenters. The number of nitrogens with zero attached hydrogens (tertiary/aromatic N) is 1. The molecule has 0 aliphatic carbocycles. The number of rotatable bonds is 1. The van der Waals surface area contributed by atoms with Crippen LogP contribution in [0.1, 0.15) is 30.9 Å². The summed E-state index contributed by atoms with van der Waals surface area (Å²) in [6.07, 6.45) is 0. The van der Waals surface area contributed by atoms with Crippen molar-refractivity contribution in [1.29, 1.82) is 5.26 Å². The molecule has 0 N–H and O–H groups in total. The average molecular weight is 177 g/mol. The molecule has 0 aromatic heterocycles. The minimum Gasteiger partial charge on any atom is -0.192 e. The van der Waals surface area contributed by atoms with E-state index < -0.39 is 0 Å². The highest BCUT2D eigenvalue weighted by atomic mass is 32.1. The Bertz CT molecular complexity index is 323. The Hall–Kier alpha value is -0.940. The van der Waals surface area contributed by atoms with Crippen molar-refractivity contribution in [1.82, 2.24) is 0 Å². The van der Waals surface area contributed by atoms with Gasteiger partial charge in [-0.2, -0.15) is 5.26 Å². The summed E-state index contributed by atoms with van der Waals surface area (Å²) in [6.45, 7) is 4.16. The van der Waals surface area contributed by atoms with Crippen molar-refractivity contribution in [3.63, 3.8) is 0 Å². The first-order chi connectivity index (χ1) is 5.65. The van der Waals surface area contributed by atoms with Crippen LogP contribution in [0.25, 0.3) is 0 Å². The van der Waals surface area contributed by atoms with Gasteiger partial charge in [0.25, 0.3) is 0 Å². The SMILES string of the molecule is CC(C)c1ccc(S)cc1C#N. The molecule has 0 saturated heterocycles. The lowest BCUT2D eigenvalue weighted by atomic mass is 9.98. The van der Waals surface area contributed by atoms with Gasteiger partial charge in [0, 0.05) is 4.90 Å². The van der Waals surface area contributed by atoms with Crippen molar-refractivity contribution < 1.29 is 0 Å².